The molecule has 0 aliphatic rings. The SMILES string of the molecule is ONC(=NCC(F)(F)F)c1ccc(Cl)cc1. The molecule has 0 heterocycles. The lowest BCUT2D eigenvalue weighted by Crippen LogP contribution is -2.23. The molecular formula is C9H8ClF3N2O. The summed E-state index contributed by atoms with van der Waals surface area (Å²) in [7, 11) is 0. The molecule has 88 valence electrons. The quantitative estimate of drug-likeness (QED) is 0.483. The third-order valence-electron chi connectivity index (χ3n) is 1.64. The van der Waals surface area contributed by atoms with E-state index in [4.69, 9.17) is 16.8 Å². The summed E-state index contributed by atoms with van der Waals surface area (Å²) >= 11 is 5.61. The van der Waals surface area contributed by atoms with E-state index in [0.717, 1.165) is 0 Å². The van der Waals surface area contributed by atoms with Crippen molar-refractivity contribution in [2.45, 2.75) is 6.18 Å². The van der Waals surface area contributed by atoms with Crippen LogP contribution in [0.2, 0.25) is 5.02 Å². The fraction of sp³-hybridized carbons (Fsp3) is 0.222. The summed E-state index contributed by atoms with van der Waals surface area (Å²) in [4.78, 5) is 3.20. The average molecular weight is 253 g/mol. The zero-order valence-corrected chi connectivity index (χ0v) is 8.68. The van der Waals surface area contributed by atoms with Gasteiger partial charge in [0, 0.05) is 10.6 Å². The minimum Gasteiger partial charge on any atom is -0.290 e. The molecule has 0 saturated heterocycles. The maximum Gasteiger partial charge on any atom is 0.408 e. The highest BCUT2D eigenvalue weighted by Crippen LogP contribution is 2.15. The Morgan fingerprint density at radius 1 is 1.31 bits per heavy atom. The Morgan fingerprint density at radius 3 is 2.31 bits per heavy atom. The van der Waals surface area contributed by atoms with E-state index in [1.807, 2.05) is 0 Å². The summed E-state index contributed by atoms with van der Waals surface area (Å²) in [5, 5.41) is 9.11. The van der Waals surface area contributed by atoms with Crippen molar-refractivity contribution in [2.24, 2.45) is 4.99 Å². The first-order valence-electron chi connectivity index (χ1n) is 4.19. The summed E-state index contributed by atoms with van der Waals surface area (Å²) < 4.78 is 35.7. The minimum atomic E-state index is -4.41. The van der Waals surface area contributed by atoms with E-state index < -0.39 is 12.7 Å². The van der Waals surface area contributed by atoms with Crippen molar-refractivity contribution < 1.29 is 18.4 Å². The Kier molecular flexibility index (Phi) is 4.14. The monoisotopic (exact) mass is 252 g/mol. The Hall–Kier alpha value is -1.27. The number of hydroxylamine groups is 1. The van der Waals surface area contributed by atoms with Gasteiger partial charge in [-0.2, -0.15) is 13.2 Å². The molecule has 1 aromatic rings. The van der Waals surface area contributed by atoms with Gasteiger partial charge in [-0.1, -0.05) is 11.6 Å². The molecule has 0 unspecified atom stereocenters. The zero-order chi connectivity index (χ0) is 12.2. The number of amidine groups is 1. The maximum atomic E-state index is 11.9. The van der Waals surface area contributed by atoms with Crippen molar-refractivity contribution in [1.82, 2.24) is 5.48 Å². The van der Waals surface area contributed by atoms with Gasteiger partial charge in [-0.05, 0) is 24.3 Å². The molecule has 0 radical (unpaired) electrons. The summed E-state index contributed by atoms with van der Waals surface area (Å²) in [6.07, 6.45) is -4.41. The molecule has 3 nitrogen and oxygen atoms in total. The van der Waals surface area contributed by atoms with Gasteiger partial charge in [0.05, 0.1) is 0 Å². The number of nitrogens with one attached hydrogen (secondary N) is 1. The van der Waals surface area contributed by atoms with E-state index >= 15 is 0 Å². The number of nitrogens with zero attached hydrogens (tertiary/aromatic N) is 1. The van der Waals surface area contributed by atoms with Crippen molar-refractivity contribution >= 4 is 17.4 Å². The minimum absolute atomic E-state index is 0.256. The number of hydrogen-bond donors (Lipinski definition) is 2. The molecule has 0 aromatic heterocycles. The van der Waals surface area contributed by atoms with Gasteiger partial charge in [-0.25, -0.2) is 0 Å². The van der Waals surface area contributed by atoms with E-state index in [-0.39, 0.29) is 5.84 Å². The molecular weight excluding hydrogens is 245 g/mol. The predicted molar refractivity (Wildman–Crippen MR) is 53.8 cm³/mol. The molecule has 0 saturated carbocycles. The fourth-order valence-electron chi connectivity index (χ4n) is 0.968. The van der Waals surface area contributed by atoms with Crippen LogP contribution in [-0.2, 0) is 0 Å². The number of hydrogen-bond acceptors (Lipinski definition) is 2. The van der Waals surface area contributed by atoms with Crippen LogP contribution in [0.4, 0.5) is 13.2 Å². The van der Waals surface area contributed by atoms with Crippen molar-refractivity contribution in [3.63, 3.8) is 0 Å². The zero-order valence-electron chi connectivity index (χ0n) is 7.92. The third-order valence-corrected chi connectivity index (χ3v) is 1.89. The van der Waals surface area contributed by atoms with Crippen LogP contribution in [0.1, 0.15) is 5.56 Å². The molecule has 16 heavy (non-hydrogen) atoms. The fourth-order valence-corrected chi connectivity index (χ4v) is 1.09. The maximum absolute atomic E-state index is 11.9. The second-order valence-corrected chi connectivity index (χ2v) is 3.34. The number of alkyl halides is 3. The van der Waals surface area contributed by atoms with Crippen LogP contribution in [-0.4, -0.2) is 23.8 Å². The van der Waals surface area contributed by atoms with Gasteiger partial charge in [0.15, 0.2) is 5.84 Å². The average Bonchev–Trinajstić information content (AvgIpc) is 2.20. The molecule has 0 spiro atoms. The number of aliphatic imine (C=N–C) groups is 1. The molecule has 7 heteroatoms. The molecule has 0 atom stereocenters. The first-order valence-corrected chi connectivity index (χ1v) is 4.57. The topological polar surface area (TPSA) is 44.6 Å². The van der Waals surface area contributed by atoms with Crippen LogP contribution in [0.25, 0.3) is 0 Å². The highest BCUT2D eigenvalue weighted by atomic mass is 35.5. The second kappa shape index (κ2) is 5.18. The smallest absolute Gasteiger partial charge is 0.290 e. The molecule has 0 aliphatic heterocycles. The lowest BCUT2D eigenvalue weighted by atomic mass is 10.2. The molecule has 1 aromatic carbocycles. The van der Waals surface area contributed by atoms with Crippen molar-refractivity contribution in [3.8, 4) is 0 Å². The Balaban J connectivity index is 2.86. The third kappa shape index (κ3) is 4.08. The van der Waals surface area contributed by atoms with Crippen LogP contribution in [0.15, 0.2) is 29.3 Å². The molecule has 2 N–H and O–H groups in total. The van der Waals surface area contributed by atoms with E-state index in [1.165, 1.54) is 24.3 Å². The first kappa shape index (κ1) is 12.8. The molecule has 0 bridgehead atoms. The Labute approximate surface area is 94.5 Å². The van der Waals surface area contributed by atoms with E-state index in [1.54, 1.807) is 5.48 Å². The van der Waals surface area contributed by atoms with Gasteiger partial charge >= 0.3 is 6.18 Å². The summed E-state index contributed by atoms with van der Waals surface area (Å²) in [5.41, 5.74) is 1.93. The van der Waals surface area contributed by atoms with E-state index in [0.29, 0.717) is 10.6 Å². The molecule has 0 aliphatic carbocycles. The van der Waals surface area contributed by atoms with E-state index in [9.17, 15) is 13.2 Å². The molecule has 1 rings (SSSR count). The van der Waals surface area contributed by atoms with Gasteiger partial charge in [0.1, 0.15) is 6.54 Å². The number of halogens is 4. The lowest BCUT2D eigenvalue weighted by Gasteiger charge is -2.06. The standard InChI is InChI=1S/C9H8ClF3N2O/c10-7-3-1-6(2-4-7)8(15-16)14-5-9(11,12)13/h1-4,16H,5H2,(H,14,15). The lowest BCUT2D eigenvalue weighted by molar-refractivity contribution is -0.118. The van der Waals surface area contributed by atoms with Crippen molar-refractivity contribution in [3.05, 3.63) is 34.9 Å². The summed E-state index contributed by atoms with van der Waals surface area (Å²) in [5.74, 6) is -0.256. The van der Waals surface area contributed by atoms with Crippen LogP contribution in [0.5, 0.6) is 0 Å². The van der Waals surface area contributed by atoms with Gasteiger partial charge in [0.25, 0.3) is 0 Å². The van der Waals surface area contributed by atoms with Crippen LogP contribution in [0, 0.1) is 0 Å². The van der Waals surface area contributed by atoms with Gasteiger partial charge < -0.3 is 0 Å². The van der Waals surface area contributed by atoms with Crippen LogP contribution >= 0.6 is 11.6 Å². The van der Waals surface area contributed by atoms with Crippen molar-refractivity contribution in [1.29, 1.82) is 0 Å². The normalized spacial score (nSPS) is 12.7. The van der Waals surface area contributed by atoms with Gasteiger partial charge in [0.2, 0.25) is 0 Å². The molecule has 0 amide bonds. The Morgan fingerprint density at radius 2 is 1.88 bits per heavy atom. The van der Waals surface area contributed by atoms with Crippen LogP contribution < -0.4 is 5.48 Å². The summed E-state index contributed by atoms with van der Waals surface area (Å²) in [6.45, 7) is -1.36. The summed E-state index contributed by atoms with van der Waals surface area (Å²) in [6, 6.07) is 5.86. The highest BCUT2D eigenvalue weighted by molar-refractivity contribution is 6.30. The van der Waals surface area contributed by atoms with Gasteiger partial charge in [-0.3, -0.25) is 15.7 Å². The van der Waals surface area contributed by atoms with Crippen LogP contribution in [0.3, 0.4) is 0 Å². The van der Waals surface area contributed by atoms with Crippen molar-refractivity contribution in [2.75, 3.05) is 6.54 Å². The highest BCUT2D eigenvalue weighted by Gasteiger charge is 2.26. The second-order valence-electron chi connectivity index (χ2n) is 2.90. The number of rotatable bonds is 2. The Bertz CT molecular complexity index is 375. The molecule has 0 fully saturated rings. The predicted octanol–water partition coefficient (Wildman–Crippen LogP) is 2.63. The largest absolute Gasteiger partial charge is 0.408 e. The van der Waals surface area contributed by atoms with E-state index in [2.05, 4.69) is 4.99 Å². The van der Waals surface area contributed by atoms with Gasteiger partial charge in [-0.15, -0.1) is 0 Å². The first-order chi connectivity index (χ1) is 7.42. The number of benzene rings is 1.